The van der Waals surface area contributed by atoms with E-state index in [9.17, 15) is 17.6 Å². The topological polar surface area (TPSA) is 0 Å². The molecule has 0 N–H and O–H groups in total. The van der Waals surface area contributed by atoms with Gasteiger partial charge in [-0.15, -0.1) is 0 Å². The van der Waals surface area contributed by atoms with Crippen LogP contribution in [0.2, 0.25) is 0 Å². The van der Waals surface area contributed by atoms with Crippen molar-refractivity contribution in [2.75, 3.05) is 0 Å². The van der Waals surface area contributed by atoms with Gasteiger partial charge in [0.25, 0.3) is 0 Å². The van der Waals surface area contributed by atoms with Crippen LogP contribution in [0, 0.1) is 11.8 Å². The summed E-state index contributed by atoms with van der Waals surface area (Å²) in [7, 11) is 0. The zero-order chi connectivity index (χ0) is 9.30. The van der Waals surface area contributed by atoms with Crippen LogP contribution < -0.4 is 0 Å². The molecule has 4 atom stereocenters. The van der Waals surface area contributed by atoms with E-state index in [0.29, 0.717) is 6.42 Å². The van der Waals surface area contributed by atoms with E-state index in [2.05, 4.69) is 0 Å². The minimum atomic E-state index is -2.73. The maximum Gasteiger partial charge on any atom is 0.244 e. The molecule has 1 rings (SSSR count). The fourth-order valence-electron chi connectivity index (χ4n) is 1.59. The molecule has 1 aliphatic carbocycles. The molecule has 4 unspecified atom stereocenters. The third-order valence-electron chi connectivity index (χ3n) is 2.54. The molecule has 0 amide bonds. The molecule has 12 heavy (non-hydrogen) atoms. The molecule has 1 aliphatic rings. The van der Waals surface area contributed by atoms with E-state index in [1.165, 1.54) is 0 Å². The first kappa shape index (κ1) is 9.81. The second-order valence-corrected chi connectivity index (χ2v) is 3.44. The van der Waals surface area contributed by atoms with Crippen molar-refractivity contribution in [3.05, 3.63) is 0 Å². The van der Waals surface area contributed by atoms with Gasteiger partial charge in [-0.25, -0.2) is 17.6 Å². The van der Waals surface area contributed by atoms with Crippen LogP contribution in [0.25, 0.3) is 0 Å². The highest BCUT2D eigenvalue weighted by molar-refractivity contribution is 4.87. The van der Waals surface area contributed by atoms with Crippen LogP contribution in [0.5, 0.6) is 0 Å². The molecule has 0 spiro atoms. The average molecular weight is 184 g/mol. The zero-order valence-corrected chi connectivity index (χ0v) is 6.81. The van der Waals surface area contributed by atoms with Crippen molar-refractivity contribution in [2.24, 2.45) is 11.8 Å². The van der Waals surface area contributed by atoms with Crippen molar-refractivity contribution in [2.45, 2.75) is 38.5 Å². The van der Waals surface area contributed by atoms with Gasteiger partial charge >= 0.3 is 0 Å². The third kappa shape index (κ3) is 1.72. The number of hydrogen-bond acceptors (Lipinski definition) is 0. The van der Waals surface area contributed by atoms with E-state index < -0.39 is 30.6 Å². The predicted octanol–water partition coefficient (Wildman–Crippen LogP) is 2.97. The van der Waals surface area contributed by atoms with E-state index in [4.69, 9.17) is 0 Å². The Bertz CT molecular complexity index is 148. The molecule has 0 nitrogen and oxygen atoms in total. The van der Waals surface area contributed by atoms with E-state index in [1.807, 2.05) is 0 Å². The maximum atomic E-state index is 12.9. The molecule has 4 heteroatoms. The van der Waals surface area contributed by atoms with Crippen LogP contribution in [0.4, 0.5) is 17.6 Å². The summed E-state index contributed by atoms with van der Waals surface area (Å²) in [6.45, 7) is 1.55. The van der Waals surface area contributed by atoms with E-state index in [-0.39, 0.29) is 6.42 Å². The normalized spacial score (nSPS) is 43.5. The molecule has 0 aromatic heterocycles. The second kappa shape index (κ2) is 3.62. The highest BCUT2D eigenvalue weighted by Crippen LogP contribution is 2.36. The molecule has 0 bridgehead atoms. The first-order chi connectivity index (χ1) is 5.54. The standard InChI is InChI=1S/C8H12F4/c1-4-2-3-5(8(11)12)7(10)6(4)9/h4-8H,2-3H2,1H3. The monoisotopic (exact) mass is 184 g/mol. The Morgan fingerprint density at radius 3 is 2.17 bits per heavy atom. The van der Waals surface area contributed by atoms with Gasteiger partial charge in [0.2, 0.25) is 6.43 Å². The predicted molar refractivity (Wildman–Crippen MR) is 37.7 cm³/mol. The van der Waals surface area contributed by atoms with Crippen molar-refractivity contribution in [1.82, 2.24) is 0 Å². The fraction of sp³-hybridized carbons (Fsp3) is 1.00. The summed E-state index contributed by atoms with van der Waals surface area (Å²) in [5, 5.41) is 0. The molecule has 0 aliphatic heterocycles. The van der Waals surface area contributed by atoms with E-state index >= 15 is 0 Å². The lowest BCUT2D eigenvalue weighted by atomic mass is 9.80. The lowest BCUT2D eigenvalue weighted by molar-refractivity contribution is -0.0462. The summed E-state index contributed by atoms with van der Waals surface area (Å²) < 4.78 is 49.9. The van der Waals surface area contributed by atoms with Crippen molar-refractivity contribution in [1.29, 1.82) is 0 Å². The highest BCUT2D eigenvalue weighted by atomic mass is 19.3. The first-order valence-electron chi connectivity index (χ1n) is 4.10. The molecule has 0 heterocycles. The molecule has 72 valence electrons. The van der Waals surface area contributed by atoms with Gasteiger partial charge in [0.05, 0.1) is 5.92 Å². The summed E-state index contributed by atoms with van der Waals surface area (Å²) in [6, 6.07) is 0. The van der Waals surface area contributed by atoms with Gasteiger partial charge in [0.1, 0.15) is 12.3 Å². The molecule has 0 aromatic carbocycles. The number of halogens is 4. The van der Waals surface area contributed by atoms with Crippen LogP contribution in [0.3, 0.4) is 0 Å². The van der Waals surface area contributed by atoms with Gasteiger partial charge in [-0.05, 0) is 18.8 Å². The Morgan fingerprint density at radius 1 is 1.08 bits per heavy atom. The molecule has 1 fully saturated rings. The SMILES string of the molecule is CC1CCC(C(F)F)C(F)C1F. The summed E-state index contributed by atoms with van der Waals surface area (Å²) in [5.74, 6) is -1.81. The van der Waals surface area contributed by atoms with Gasteiger partial charge in [0.15, 0.2) is 0 Å². The zero-order valence-electron chi connectivity index (χ0n) is 6.81. The Morgan fingerprint density at radius 2 is 1.67 bits per heavy atom. The van der Waals surface area contributed by atoms with E-state index in [0.717, 1.165) is 0 Å². The Hall–Kier alpha value is -0.280. The smallest absolute Gasteiger partial charge is 0.244 e. The van der Waals surface area contributed by atoms with Crippen molar-refractivity contribution < 1.29 is 17.6 Å². The lowest BCUT2D eigenvalue weighted by Gasteiger charge is -2.32. The van der Waals surface area contributed by atoms with Crippen LogP contribution >= 0.6 is 0 Å². The Labute approximate surface area is 69.0 Å². The van der Waals surface area contributed by atoms with Crippen LogP contribution in [-0.2, 0) is 0 Å². The molecule has 0 saturated heterocycles. The van der Waals surface area contributed by atoms with Crippen molar-refractivity contribution in [3.8, 4) is 0 Å². The number of hydrogen-bond donors (Lipinski definition) is 0. The quantitative estimate of drug-likeness (QED) is 0.549. The van der Waals surface area contributed by atoms with Gasteiger partial charge in [-0.1, -0.05) is 6.92 Å². The minimum Gasteiger partial charge on any atom is -0.244 e. The number of rotatable bonds is 1. The number of alkyl halides is 4. The average Bonchev–Trinajstić information content (AvgIpc) is 2.00. The fourth-order valence-corrected chi connectivity index (χ4v) is 1.59. The van der Waals surface area contributed by atoms with E-state index in [1.54, 1.807) is 6.92 Å². The molecular weight excluding hydrogens is 172 g/mol. The third-order valence-corrected chi connectivity index (χ3v) is 2.54. The Balaban J connectivity index is 2.58. The maximum absolute atomic E-state index is 12.9. The lowest BCUT2D eigenvalue weighted by Crippen LogP contribution is -2.39. The van der Waals surface area contributed by atoms with Gasteiger partial charge < -0.3 is 0 Å². The van der Waals surface area contributed by atoms with Gasteiger partial charge in [-0.2, -0.15) is 0 Å². The van der Waals surface area contributed by atoms with Gasteiger partial charge in [0, 0.05) is 0 Å². The van der Waals surface area contributed by atoms with Crippen molar-refractivity contribution in [3.63, 3.8) is 0 Å². The molecular formula is C8H12F4. The highest BCUT2D eigenvalue weighted by Gasteiger charge is 2.42. The van der Waals surface area contributed by atoms with Crippen LogP contribution in [-0.4, -0.2) is 18.8 Å². The summed E-state index contributed by atoms with van der Waals surface area (Å²) >= 11 is 0. The first-order valence-corrected chi connectivity index (χ1v) is 4.10. The Kier molecular flexibility index (Phi) is 2.96. The molecule has 0 radical (unpaired) electrons. The van der Waals surface area contributed by atoms with Gasteiger partial charge in [-0.3, -0.25) is 0 Å². The summed E-state index contributed by atoms with van der Waals surface area (Å²) in [4.78, 5) is 0. The summed E-state index contributed by atoms with van der Waals surface area (Å²) in [5.41, 5.74) is 0. The van der Waals surface area contributed by atoms with Crippen molar-refractivity contribution >= 4 is 0 Å². The van der Waals surface area contributed by atoms with Crippen LogP contribution in [0.1, 0.15) is 19.8 Å². The minimum absolute atomic E-state index is 0.0976. The van der Waals surface area contributed by atoms with Crippen LogP contribution in [0.15, 0.2) is 0 Å². The largest absolute Gasteiger partial charge is 0.244 e. The molecule has 1 saturated carbocycles. The second-order valence-electron chi connectivity index (χ2n) is 3.44. The summed E-state index contributed by atoms with van der Waals surface area (Å²) in [6.07, 6.45) is -5.96. The molecule has 0 aromatic rings.